The van der Waals surface area contributed by atoms with Crippen molar-refractivity contribution in [3.05, 3.63) is 45.5 Å². The largest absolute Gasteiger partial charge is 0.467 e. The molecule has 2 heterocycles. The summed E-state index contributed by atoms with van der Waals surface area (Å²) >= 11 is 7.63. The summed E-state index contributed by atoms with van der Waals surface area (Å²) in [5.74, 6) is 0.903. The van der Waals surface area contributed by atoms with Crippen LogP contribution in [0.3, 0.4) is 0 Å². The van der Waals surface area contributed by atoms with E-state index in [1.165, 1.54) is 0 Å². The fraction of sp³-hybridized carbons (Fsp3) is 0.467. The Hall–Kier alpha value is -0.810. The zero-order chi connectivity index (χ0) is 14.4. The molecule has 20 heavy (non-hydrogen) atoms. The van der Waals surface area contributed by atoms with E-state index >= 15 is 0 Å². The molecule has 110 valence electrons. The summed E-state index contributed by atoms with van der Waals surface area (Å²) in [7, 11) is 1.73. The van der Waals surface area contributed by atoms with E-state index in [1.807, 2.05) is 24.3 Å². The molecule has 0 fully saturated rings. The van der Waals surface area contributed by atoms with Crippen molar-refractivity contribution in [1.82, 2.24) is 5.32 Å². The van der Waals surface area contributed by atoms with E-state index in [2.05, 4.69) is 12.2 Å². The van der Waals surface area contributed by atoms with Gasteiger partial charge in [-0.3, -0.25) is 5.32 Å². The zero-order valence-corrected chi connectivity index (χ0v) is 13.3. The van der Waals surface area contributed by atoms with Crippen molar-refractivity contribution in [1.29, 1.82) is 0 Å². The van der Waals surface area contributed by atoms with Crippen LogP contribution in [0.4, 0.5) is 0 Å². The average Bonchev–Trinajstić information content (AvgIpc) is 3.07. The summed E-state index contributed by atoms with van der Waals surface area (Å²) in [6.45, 7) is 2.86. The van der Waals surface area contributed by atoms with Crippen molar-refractivity contribution in [3.8, 4) is 0 Å². The maximum atomic E-state index is 6.06. The van der Waals surface area contributed by atoms with Gasteiger partial charge in [-0.05, 0) is 30.7 Å². The summed E-state index contributed by atoms with van der Waals surface area (Å²) in [6.07, 6.45) is 3.87. The highest BCUT2D eigenvalue weighted by Crippen LogP contribution is 2.31. The van der Waals surface area contributed by atoms with E-state index in [-0.39, 0.29) is 6.04 Å². The van der Waals surface area contributed by atoms with Crippen LogP contribution in [-0.4, -0.2) is 19.8 Å². The number of ether oxygens (including phenoxy) is 1. The third kappa shape index (κ3) is 4.09. The van der Waals surface area contributed by atoms with Gasteiger partial charge >= 0.3 is 0 Å². The van der Waals surface area contributed by atoms with E-state index in [0.29, 0.717) is 12.6 Å². The van der Waals surface area contributed by atoms with Gasteiger partial charge in [-0.25, -0.2) is 0 Å². The predicted octanol–water partition coefficient (Wildman–Crippen LogP) is 4.49. The van der Waals surface area contributed by atoms with Crippen LogP contribution in [0.15, 0.2) is 34.9 Å². The highest BCUT2D eigenvalue weighted by atomic mass is 35.5. The number of thiophene rings is 1. The Balaban J connectivity index is 2.18. The summed E-state index contributed by atoms with van der Waals surface area (Å²) in [5.41, 5.74) is 0. The van der Waals surface area contributed by atoms with Crippen molar-refractivity contribution >= 4 is 22.9 Å². The number of hydrogen-bond acceptors (Lipinski definition) is 4. The zero-order valence-electron chi connectivity index (χ0n) is 11.8. The van der Waals surface area contributed by atoms with E-state index < -0.39 is 0 Å². The second kappa shape index (κ2) is 7.84. The van der Waals surface area contributed by atoms with Crippen LogP contribution >= 0.6 is 22.9 Å². The molecule has 3 nitrogen and oxygen atoms in total. The van der Waals surface area contributed by atoms with E-state index in [1.54, 1.807) is 24.7 Å². The molecule has 2 aromatic heterocycles. The average molecular weight is 314 g/mol. The summed E-state index contributed by atoms with van der Waals surface area (Å²) in [5, 5.41) is 3.62. The van der Waals surface area contributed by atoms with Crippen LogP contribution in [0.25, 0.3) is 0 Å². The number of halogens is 1. The maximum Gasteiger partial charge on any atom is 0.126 e. The number of furan rings is 1. The Bertz CT molecular complexity index is 492. The van der Waals surface area contributed by atoms with E-state index in [9.17, 15) is 0 Å². The van der Waals surface area contributed by atoms with Gasteiger partial charge in [0.25, 0.3) is 0 Å². The Morgan fingerprint density at radius 1 is 1.40 bits per heavy atom. The first kappa shape index (κ1) is 15.6. The van der Waals surface area contributed by atoms with E-state index in [0.717, 1.165) is 27.8 Å². The molecule has 0 bridgehead atoms. The molecule has 0 spiro atoms. The molecule has 0 radical (unpaired) electrons. The lowest BCUT2D eigenvalue weighted by atomic mass is 10.1. The van der Waals surface area contributed by atoms with Gasteiger partial charge < -0.3 is 9.15 Å². The molecular weight excluding hydrogens is 294 g/mol. The number of nitrogens with one attached hydrogen (secondary N) is 1. The molecule has 2 rings (SSSR count). The van der Waals surface area contributed by atoms with Crippen LogP contribution in [0.5, 0.6) is 0 Å². The standard InChI is InChI=1S/C15H20ClNO2S/c1-3-5-11(10-18-2)17-15(12-6-4-9-19-12)13-7-8-14(16)20-13/h4,6-9,11,15,17H,3,5,10H2,1-2H3. The van der Waals surface area contributed by atoms with Crippen molar-refractivity contribution in [2.75, 3.05) is 13.7 Å². The molecule has 0 aromatic carbocycles. The molecule has 0 aliphatic heterocycles. The van der Waals surface area contributed by atoms with Crippen LogP contribution in [-0.2, 0) is 4.74 Å². The lowest BCUT2D eigenvalue weighted by molar-refractivity contribution is 0.157. The number of methoxy groups -OCH3 is 1. The lowest BCUT2D eigenvalue weighted by Gasteiger charge is -2.23. The lowest BCUT2D eigenvalue weighted by Crippen LogP contribution is -2.36. The Kier molecular flexibility index (Phi) is 6.10. The minimum Gasteiger partial charge on any atom is -0.467 e. The molecule has 0 saturated carbocycles. The second-order valence-corrected chi connectivity index (χ2v) is 6.44. The van der Waals surface area contributed by atoms with Gasteiger partial charge in [-0.1, -0.05) is 24.9 Å². The van der Waals surface area contributed by atoms with Gasteiger partial charge in [-0.2, -0.15) is 0 Å². The Morgan fingerprint density at radius 3 is 2.80 bits per heavy atom. The number of hydrogen-bond donors (Lipinski definition) is 1. The molecule has 0 aliphatic rings. The number of rotatable bonds is 8. The minimum atomic E-state index is 0.0224. The fourth-order valence-corrected chi connectivity index (χ4v) is 3.37. The summed E-state index contributed by atoms with van der Waals surface area (Å²) in [4.78, 5) is 1.15. The topological polar surface area (TPSA) is 34.4 Å². The van der Waals surface area contributed by atoms with Gasteiger partial charge in [0.2, 0.25) is 0 Å². The molecule has 0 aliphatic carbocycles. The highest BCUT2D eigenvalue weighted by Gasteiger charge is 2.22. The Labute approximate surface area is 128 Å². The SMILES string of the molecule is CCCC(COC)NC(c1ccco1)c1ccc(Cl)s1. The molecule has 5 heteroatoms. The van der Waals surface area contributed by atoms with Gasteiger partial charge in [-0.15, -0.1) is 11.3 Å². The third-order valence-corrected chi connectivity index (χ3v) is 4.41. The van der Waals surface area contributed by atoms with Crippen molar-refractivity contribution in [2.45, 2.75) is 31.8 Å². The van der Waals surface area contributed by atoms with Crippen molar-refractivity contribution in [2.24, 2.45) is 0 Å². The van der Waals surface area contributed by atoms with Crippen LogP contribution in [0.1, 0.15) is 36.4 Å². The van der Waals surface area contributed by atoms with Gasteiger partial charge in [0.15, 0.2) is 0 Å². The van der Waals surface area contributed by atoms with Gasteiger partial charge in [0.05, 0.1) is 17.2 Å². The maximum absolute atomic E-state index is 6.06. The summed E-state index contributed by atoms with van der Waals surface area (Å²) < 4.78 is 11.7. The fourth-order valence-electron chi connectivity index (χ4n) is 2.24. The normalized spacial score (nSPS) is 14.3. The quantitative estimate of drug-likeness (QED) is 0.779. The molecule has 2 unspecified atom stereocenters. The molecule has 2 aromatic rings. The third-order valence-electron chi connectivity index (χ3n) is 3.11. The first-order valence-corrected chi connectivity index (χ1v) is 7.97. The molecule has 2 atom stereocenters. The first-order valence-electron chi connectivity index (χ1n) is 6.78. The minimum absolute atomic E-state index is 0.0224. The van der Waals surface area contributed by atoms with Crippen molar-refractivity contribution < 1.29 is 9.15 Å². The molecular formula is C15H20ClNO2S. The van der Waals surface area contributed by atoms with Gasteiger partial charge in [0, 0.05) is 18.0 Å². The van der Waals surface area contributed by atoms with Crippen molar-refractivity contribution in [3.63, 3.8) is 0 Å². The molecule has 0 saturated heterocycles. The van der Waals surface area contributed by atoms with Gasteiger partial charge in [0.1, 0.15) is 11.8 Å². The second-order valence-electron chi connectivity index (χ2n) is 4.70. The highest BCUT2D eigenvalue weighted by molar-refractivity contribution is 7.16. The Morgan fingerprint density at radius 2 is 2.25 bits per heavy atom. The molecule has 1 N–H and O–H groups in total. The smallest absolute Gasteiger partial charge is 0.126 e. The monoisotopic (exact) mass is 313 g/mol. The first-order chi connectivity index (χ1) is 9.74. The molecule has 0 amide bonds. The summed E-state index contributed by atoms with van der Waals surface area (Å²) in [6, 6.07) is 8.17. The predicted molar refractivity (Wildman–Crippen MR) is 83.6 cm³/mol. The van der Waals surface area contributed by atoms with Crippen LogP contribution < -0.4 is 5.32 Å². The van der Waals surface area contributed by atoms with E-state index in [4.69, 9.17) is 20.8 Å². The van der Waals surface area contributed by atoms with Crippen LogP contribution in [0.2, 0.25) is 4.34 Å². The van der Waals surface area contributed by atoms with Crippen LogP contribution in [0, 0.1) is 0 Å².